The molecule has 0 aliphatic carbocycles. The van der Waals surface area contributed by atoms with Crippen molar-refractivity contribution in [3.8, 4) is 34.0 Å². The van der Waals surface area contributed by atoms with Gasteiger partial charge in [0.05, 0.1) is 22.7 Å². The molecule has 0 bridgehead atoms. The largest absolute Gasteiger partial charge is 2.00 e. The Kier molecular flexibility index (Phi) is 7.95. The van der Waals surface area contributed by atoms with Gasteiger partial charge in [0.1, 0.15) is 5.65 Å². The number of fused-ring (bicyclic) bond motifs is 12. The summed E-state index contributed by atoms with van der Waals surface area (Å²) in [6.07, 6.45) is 5.92. The van der Waals surface area contributed by atoms with Crippen molar-refractivity contribution in [1.82, 2.24) is 23.8 Å². The molecule has 0 fully saturated rings. The average Bonchev–Trinajstić information content (AvgIpc) is 3.77. The predicted molar refractivity (Wildman–Crippen MR) is 215 cm³/mol. The molecule has 0 aliphatic rings. The van der Waals surface area contributed by atoms with Crippen LogP contribution in [0.3, 0.4) is 0 Å². The monoisotopic (exact) mass is 880 g/mol. The molecule has 54 heavy (non-hydrogen) atoms. The number of ether oxygens (including phenoxy) is 1. The van der Waals surface area contributed by atoms with Crippen LogP contribution in [-0.2, 0) is 21.1 Å². The third-order valence-electron chi connectivity index (χ3n) is 10.6. The second-order valence-corrected chi connectivity index (χ2v) is 14.4. The fourth-order valence-corrected chi connectivity index (χ4v) is 8.64. The third kappa shape index (κ3) is 5.15. The number of rotatable bonds is 4. The number of aromatic nitrogens is 5. The minimum Gasteiger partial charge on any atom is -0.497 e. The van der Waals surface area contributed by atoms with E-state index >= 15 is 0 Å². The summed E-state index contributed by atoms with van der Waals surface area (Å²) in [5, 5.41) is 6.02. The van der Waals surface area contributed by atoms with E-state index in [1.807, 2.05) is 30.6 Å². The quantitative estimate of drug-likeness (QED) is 0.131. The molecule has 264 valence electrons. The molecule has 7 heteroatoms. The molecule has 0 atom stereocenters. The number of para-hydroxylation sites is 1. The van der Waals surface area contributed by atoms with Crippen LogP contribution in [-0.4, -0.2) is 23.8 Å². The molecule has 0 saturated carbocycles. The van der Waals surface area contributed by atoms with Crippen LogP contribution in [0.4, 0.5) is 0 Å². The Hall–Kier alpha value is -5.84. The fourth-order valence-electron chi connectivity index (χ4n) is 8.64. The third-order valence-corrected chi connectivity index (χ3v) is 10.6. The van der Waals surface area contributed by atoms with Crippen LogP contribution in [0.5, 0.6) is 11.5 Å². The van der Waals surface area contributed by atoms with E-state index in [1.165, 1.54) is 38.9 Å². The van der Waals surface area contributed by atoms with E-state index in [0.717, 1.165) is 71.7 Å². The maximum absolute atomic E-state index is 6.60. The first kappa shape index (κ1) is 34.0. The van der Waals surface area contributed by atoms with Gasteiger partial charge in [0.2, 0.25) is 0 Å². The van der Waals surface area contributed by atoms with E-state index < -0.39 is 0 Å². The Labute approximate surface area is 327 Å². The van der Waals surface area contributed by atoms with Crippen molar-refractivity contribution in [3.63, 3.8) is 0 Å². The summed E-state index contributed by atoms with van der Waals surface area (Å²) >= 11 is 0. The van der Waals surface area contributed by atoms with Gasteiger partial charge in [-0.2, -0.15) is 0 Å². The molecule has 0 N–H and O–H groups in total. The molecular weight excluding hydrogens is 846 g/mol. The standard InChI is InChI=1S/C47H35N5O.Pt/c1-26-18-28(3)43(29(4)19-26)40-25-51-45-37(11-9-17-48-45)35-16-14-33(23-39(35)47(51)50-40)53-32-13-15-34-36-10-7-8-12-41(36)52-42(24-49-46(52)38(34)22-32)44-30(5)20-27(2)21-31(44)6;/h7-21,24-25H,1-6H3;/q-2;+2. The molecule has 0 unspecified atom stereocenters. The molecule has 10 aromatic rings. The number of hydrogen-bond donors (Lipinski definition) is 0. The van der Waals surface area contributed by atoms with E-state index in [1.54, 1.807) is 0 Å². The van der Waals surface area contributed by atoms with E-state index in [9.17, 15) is 0 Å². The fraction of sp³-hybridized carbons (Fsp3) is 0.128. The van der Waals surface area contributed by atoms with Crippen LogP contribution in [0.1, 0.15) is 33.4 Å². The van der Waals surface area contributed by atoms with E-state index in [-0.39, 0.29) is 21.1 Å². The number of aryl methyl sites for hydroxylation is 6. The number of benzene rings is 5. The van der Waals surface area contributed by atoms with Crippen LogP contribution in [0, 0.1) is 53.7 Å². The van der Waals surface area contributed by atoms with Crippen LogP contribution >= 0.6 is 0 Å². The molecular formula is C47H35N5OPt. The maximum atomic E-state index is 6.60. The zero-order valence-electron chi connectivity index (χ0n) is 30.8. The number of pyridine rings is 3. The van der Waals surface area contributed by atoms with Crippen molar-refractivity contribution >= 4 is 54.8 Å². The van der Waals surface area contributed by atoms with Gasteiger partial charge in [0.25, 0.3) is 0 Å². The summed E-state index contributed by atoms with van der Waals surface area (Å²) < 4.78 is 11.0. The summed E-state index contributed by atoms with van der Waals surface area (Å²) in [6, 6.07) is 36.9. The average molecular weight is 881 g/mol. The van der Waals surface area contributed by atoms with Gasteiger partial charge in [-0.15, -0.1) is 12.1 Å². The first-order valence-corrected chi connectivity index (χ1v) is 17.9. The predicted octanol–water partition coefficient (Wildman–Crippen LogP) is 11.6. The number of hydrogen-bond acceptors (Lipinski definition) is 4. The van der Waals surface area contributed by atoms with Crippen LogP contribution < -0.4 is 4.74 Å². The van der Waals surface area contributed by atoms with Crippen molar-refractivity contribution in [2.24, 2.45) is 0 Å². The molecule has 0 aliphatic heterocycles. The van der Waals surface area contributed by atoms with Crippen molar-refractivity contribution in [2.45, 2.75) is 41.5 Å². The zero-order valence-corrected chi connectivity index (χ0v) is 33.0. The Morgan fingerprint density at radius 3 is 1.85 bits per heavy atom. The topological polar surface area (TPSA) is 56.7 Å². The summed E-state index contributed by atoms with van der Waals surface area (Å²) in [6.45, 7) is 12.9. The van der Waals surface area contributed by atoms with Crippen molar-refractivity contribution < 1.29 is 25.8 Å². The Bertz CT molecular complexity index is 3080. The van der Waals surface area contributed by atoms with Gasteiger partial charge in [-0.05, 0) is 86.7 Å². The first-order chi connectivity index (χ1) is 25.7. The molecule has 0 radical (unpaired) electrons. The van der Waals surface area contributed by atoms with Gasteiger partial charge in [-0.25, -0.2) is 4.98 Å². The Balaban J connectivity index is 0.00000384. The Morgan fingerprint density at radius 1 is 0.574 bits per heavy atom. The molecule has 5 aromatic carbocycles. The normalized spacial score (nSPS) is 11.7. The van der Waals surface area contributed by atoms with Gasteiger partial charge in [-0.1, -0.05) is 105 Å². The number of imidazole rings is 2. The van der Waals surface area contributed by atoms with Gasteiger partial charge < -0.3 is 13.5 Å². The van der Waals surface area contributed by atoms with Gasteiger partial charge in [0.15, 0.2) is 0 Å². The van der Waals surface area contributed by atoms with E-state index in [0.29, 0.717) is 11.5 Å². The van der Waals surface area contributed by atoms with Gasteiger partial charge in [-0.3, -0.25) is 9.97 Å². The molecule has 0 saturated heterocycles. The smallest absolute Gasteiger partial charge is 0.497 e. The summed E-state index contributed by atoms with van der Waals surface area (Å²) in [5.41, 5.74) is 15.3. The van der Waals surface area contributed by atoms with Gasteiger partial charge >= 0.3 is 21.1 Å². The number of nitrogens with zero attached hydrogens (tertiary/aromatic N) is 5. The summed E-state index contributed by atoms with van der Waals surface area (Å²) in [5.74, 6) is 1.17. The van der Waals surface area contributed by atoms with Crippen LogP contribution in [0.15, 0.2) is 104 Å². The molecule has 0 amide bonds. The van der Waals surface area contributed by atoms with Crippen molar-refractivity contribution in [3.05, 3.63) is 149 Å². The van der Waals surface area contributed by atoms with E-state index in [4.69, 9.17) is 19.7 Å². The van der Waals surface area contributed by atoms with Crippen LogP contribution in [0.25, 0.3) is 77.3 Å². The van der Waals surface area contributed by atoms with E-state index in [2.05, 4.69) is 135 Å². The zero-order chi connectivity index (χ0) is 36.1. The van der Waals surface area contributed by atoms with Crippen molar-refractivity contribution in [1.29, 1.82) is 0 Å². The second-order valence-electron chi connectivity index (χ2n) is 14.4. The SMILES string of the molecule is Cc1cc(C)c(-c2cn3c(n2)c2[c-]c(Oc4[c-]c5c(cc4)c4ccccc4n4c(-c6c(C)cc(C)cc6C)cnc54)ccc2c2cccnc23)c(C)c1.[Pt+2]. The molecule has 10 rings (SSSR count). The van der Waals surface area contributed by atoms with Crippen LogP contribution in [0.2, 0.25) is 0 Å². The summed E-state index contributed by atoms with van der Waals surface area (Å²) in [7, 11) is 0. The van der Waals surface area contributed by atoms with Crippen molar-refractivity contribution in [2.75, 3.05) is 0 Å². The minimum atomic E-state index is 0. The molecule has 5 heterocycles. The minimum absolute atomic E-state index is 0. The first-order valence-electron chi connectivity index (χ1n) is 17.9. The molecule has 6 nitrogen and oxygen atoms in total. The molecule has 5 aromatic heterocycles. The Morgan fingerprint density at radius 2 is 1.17 bits per heavy atom. The summed E-state index contributed by atoms with van der Waals surface area (Å²) in [4.78, 5) is 15.0. The molecule has 0 spiro atoms. The second kappa shape index (κ2) is 12.6. The van der Waals surface area contributed by atoms with Gasteiger partial charge in [0, 0.05) is 46.7 Å². The maximum Gasteiger partial charge on any atom is 2.00 e.